The number of carboxylic acids is 2. The maximum absolute atomic E-state index is 11.2. The molecule has 0 saturated carbocycles. The van der Waals surface area contributed by atoms with E-state index in [2.05, 4.69) is 5.32 Å². The lowest BCUT2D eigenvalue weighted by atomic mass is 10.2. The molecular formula is C9H16N2O6S. The standard InChI is InChI=1S/C9H16N2O6S/c1-2-18(17)4-3-10-9(16)11-6(8(14)15)5-7(12)13/h6H,2-5H2,1H3,(H,12,13)(H,14,15)(H2,10,11,16)/t6-,18?/m0/s1. The summed E-state index contributed by atoms with van der Waals surface area (Å²) in [6, 6.07) is -2.28. The van der Waals surface area contributed by atoms with E-state index < -0.39 is 41.2 Å². The van der Waals surface area contributed by atoms with Gasteiger partial charge >= 0.3 is 18.0 Å². The number of urea groups is 1. The number of hydrogen-bond donors (Lipinski definition) is 4. The van der Waals surface area contributed by atoms with Gasteiger partial charge in [0.2, 0.25) is 0 Å². The fourth-order valence-electron chi connectivity index (χ4n) is 1.01. The Morgan fingerprint density at radius 3 is 2.33 bits per heavy atom. The minimum atomic E-state index is -1.49. The molecule has 0 aromatic carbocycles. The van der Waals surface area contributed by atoms with Gasteiger partial charge in [0, 0.05) is 28.9 Å². The molecule has 4 N–H and O–H groups in total. The molecule has 0 aliphatic heterocycles. The van der Waals surface area contributed by atoms with Crippen molar-refractivity contribution in [3.8, 4) is 0 Å². The Bertz CT molecular complexity index is 346. The van der Waals surface area contributed by atoms with Gasteiger partial charge in [-0.3, -0.25) is 9.00 Å². The lowest BCUT2D eigenvalue weighted by Gasteiger charge is -2.13. The van der Waals surface area contributed by atoms with Crippen LogP contribution in [0.1, 0.15) is 13.3 Å². The molecule has 0 radical (unpaired) electrons. The fraction of sp³-hybridized carbons (Fsp3) is 0.667. The van der Waals surface area contributed by atoms with Crippen LogP contribution in [0.15, 0.2) is 0 Å². The van der Waals surface area contributed by atoms with Crippen molar-refractivity contribution in [3.05, 3.63) is 0 Å². The summed E-state index contributed by atoms with van der Waals surface area (Å²) in [6.45, 7) is 1.87. The Hall–Kier alpha value is -1.64. The van der Waals surface area contributed by atoms with Crippen molar-refractivity contribution < 1.29 is 28.8 Å². The average molecular weight is 280 g/mol. The summed E-state index contributed by atoms with van der Waals surface area (Å²) in [5.74, 6) is -2.01. The highest BCUT2D eigenvalue weighted by molar-refractivity contribution is 7.84. The van der Waals surface area contributed by atoms with Crippen LogP contribution in [-0.2, 0) is 20.4 Å². The SMILES string of the molecule is CCS(=O)CCNC(=O)N[C@@H](CC(=O)O)C(=O)O. The molecule has 1 unspecified atom stereocenters. The van der Waals surface area contributed by atoms with Gasteiger partial charge in [-0.15, -0.1) is 0 Å². The Kier molecular flexibility index (Phi) is 7.68. The molecule has 0 aliphatic rings. The monoisotopic (exact) mass is 280 g/mol. The average Bonchev–Trinajstić information content (AvgIpc) is 2.27. The van der Waals surface area contributed by atoms with Gasteiger partial charge in [-0.1, -0.05) is 6.92 Å². The van der Waals surface area contributed by atoms with Gasteiger partial charge in [0.25, 0.3) is 0 Å². The number of carbonyl (C=O) groups is 3. The predicted molar refractivity (Wildman–Crippen MR) is 63.8 cm³/mol. The number of rotatable bonds is 8. The molecule has 0 heterocycles. The second kappa shape index (κ2) is 8.45. The van der Waals surface area contributed by atoms with Crippen LogP contribution in [0.2, 0.25) is 0 Å². The molecular weight excluding hydrogens is 264 g/mol. The molecule has 9 heteroatoms. The van der Waals surface area contributed by atoms with Crippen LogP contribution in [0.3, 0.4) is 0 Å². The van der Waals surface area contributed by atoms with E-state index in [9.17, 15) is 18.6 Å². The lowest BCUT2D eigenvalue weighted by molar-refractivity contribution is -0.145. The smallest absolute Gasteiger partial charge is 0.326 e. The van der Waals surface area contributed by atoms with Gasteiger partial charge in [-0.25, -0.2) is 9.59 Å². The van der Waals surface area contributed by atoms with Crippen LogP contribution < -0.4 is 10.6 Å². The third-order valence-corrected chi connectivity index (χ3v) is 3.22. The fourth-order valence-corrected chi connectivity index (χ4v) is 1.63. The second-order valence-corrected chi connectivity index (χ2v) is 5.19. The number of aliphatic carboxylic acids is 2. The van der Waals surface area contributed by atoms with Crippen molar-refractivity contribution >= 4 is 28.8 Å². The quantitative estimate of drug-likeness (QED) is 0.450. The van der Waals surface area contributed by atoms with Crippen LogP contribution in [0.5, 0.6) is 0 Å². The summed E-state index contributed by atoms with van der Waals surface area (Å²) in [4.78, 5) is 32.2. The molecule has 2 amide bonds. The number of nitrogens with one attached hydrogen (secondary N) is 2. The molecule has 0 aromatic rings. The molecule has 0 saturated heterocycles. The van der Waals surface area contributed by atoms with E-state index in [4.69, 9.17) is 10.2 Å². The first-order valence-corrected chi connectivity index (χ1v) is 6.69. The summed E-state index contributed by atoms with van der Waals surface area (Å²) in [5.41, 5.74) is 0. The number of amides is 2. The van der Waals surface area contributed by atoms with Crippen molar-refractivity contribution in [2.45, 2.75) is 19.4 Å². The topological polar surface area (TPSA) is 133 Å². The van der Waals surface area contributed by atoms with Gasteiger partial charge in [0.1, 0.15) is 6.04 Å². The highest BCUT2D eigenvalue weighted by Crippen LogP contribution is 1.92. The maximum Gasteiger partial charge on any atom is 0.326 e. The third kappa shape index (κ3) is 7.60. The molecule has 0 aliphatic carbocycles. The van der Waals surface area contributed by atoms with E-state index >= 15 is 0 Å². The van der Waals surface area contributed by atoms with E-state index in [-0.39, 0.29) is 12.3 Å². The molecule has 2 atom stereocenters. The second-order valence-electron chi connectivity index (χ2n) is 3.32. The minimum Gasteiger partial charge on any atom is -0.481 e. The van der Waals surface area contributed by atoms with E-state index in [1.54, 1.807) is 6.92 Å². The van der Waals surface area contributed by atoms with Gasteiger partial charge in [-0.05, 0) is 0 Å². The number of carboxylic acid groups (broad SMARTS) is 2. The van der Waals surface area contributed by atoms with Crippen LogP contribution in [-0.4, -0.2) is 56.5 Å². The normalized spacial score (nSPS) is 13.4. The summed E-state index contributed by atoms with van der Waals surface area (Å²) >= 11 is 0. The van der Waals surface area contributed by atoms with Gasteiger partial charge in [0.05, 0.1) is 6.42 Å². The first kappa shape index (κ1) is 16.4. The summed E-state index contributed by atoms with van der Waals surface area (Å²) in [7, 11) is -1.03. The number of carbonyl (C=O) groups excluding carboxylic acids is 1. The minimum absolute atomic E-state index is 0.131. The summed E-state index contributed by atoms with van der Waals surface area (Å²) in [6.07, 6.45) is -0.705. The Morgan fingerprint density at radius 2 is 1.89 bits per heavy atom. The zero-order valence-corrected chi connectivity index (χ0v) is 10.7. The van der Waals surface area contributed by atoms with E-state index in [0.29, 0.717) is 5.75 Å². The maximum atomic E-state index is 11.2. The third-order valence-electron chi connectivity index (χ3n) is 1.92. The van der Waals surface area contributed by atoms with Crippen molar-refractivity contribution in [2.75, 3.05) is 18.1 Å². The first-order chi connectivity index (χ1) is 8.36. The van der Waals surface area contributed by atoms with Crippen molar-refractivity contribution in [1.29, 1.82) is 0 Å². The zero-order chi connectivity index (χ0) is 14.1. The molecule has 0 bridgehead atoms. The molecule has 0 spiro atoms. The highest BCUT2D eigenvalue weighted by Gasteiger charge is 2.22. The van der Waals surface area contributed by atoms with Crippen LogP contribution in [0.4, 0.5) is 4.79 Å². The largest absolute Gasteiger partial charge is 0.481 e. The summed E-state index contributed by atoms with van der Waals surface area (Å²) in [5, 5.41) is 21.4. The molecule has 104 valence electrons. The predicted octanol–water partition coefficient (Wildman–Crippen LogP) is -1.02. The van der Waals surface area contributed by atoms with Crippen molar-refractivity contribution in [3.63, 3.8) is 0 Å². The Morgan fingerprint density at radius 1 is 1.28 bits per heavy atom. The lowest BCUT2D eigenvalue weighted by Crippen LogP contribution is -2.47. The Balaban J connectivity index is 4.06. The molecule has 0 rings (SSSR count). The van der Waals surface area contributed by atoms with Gasteiger partial charge in [0.15, 0.2) is 0 Å². The van der Waals surface area contributed by atoms with E-state index in [0.717, 1.165) is 0 Å². The van der Waals surface area contributed by atoms with Gasteiger partial charge < -0.3 is 20.8 Å². The zero-order valence-electron chi connectivity index (χ0n) is 9.84. The molecule has 0 aromatic heterocycles. The van der Waals surface area contributed by atoms with Gasteiger partial charge in [-0.2, -0.15) is 0 Å². The van der Waals surface area contributed by atoms with Crippen molar-refractivity contribution in [1.82, 2.24) is 10.6 Å². The van der Waals surface area contributed by atoms with E-state index in [1.807, 2.05) is 5.32 Å². The number of hydrogen-bond acceptors (Lipinski definition) is 4. The molecule has 18 heavy (non-hydrogen) atoms. The van der Waals surface area contributed by atoms with Crippen LogP contribution in [0.25, 0.3) is 0 Å². The molecule has 0 fully saturated rings. The molecule has 8 nitrogen and oxygen atoms in total. The Labute approximate surface area is 106 Å². The van der Waals surface area contributed by atoms with Crippen LogP contribution in [0, 0.1) is 0 Å². The summed E-state index contributed by atoms with van der Waals surface area (Å²) < 4.78 is 11.0. The first-order valence-electron chi connectivity index (χ1n) is 5.20. The van der Waals surface area contributed by atoms with Crippen molar-refractivity contribution in [2.24, 2.45) is 0 Å². The van der Waals surface area contributed by atoms with E-state index in [1.165, 1.54) is 0 Å². The highest BCUT2D eigenvalue weighted by atomic mass is 32.2. The van der Waals surface area contributed by atoms with Crippen LogP contribution >= 0.6 is 0 Å².